The second kappa shape index (κ2) is 10.4. The molecule has 1 atom stereocenters. The highest BCUT2D eigenvalue weighted by molar-refractivity contribution is 5.85. The lowest BCUT2D eigenvalue weighted by atomic mass is 10.2. The van der Waals surface area contributed by atoms with E-state index >= 15 is 0 Å². The maximum atomic E-state index is 11.9. The van der Waals surface area contributed by atoms with E-state index in [1.165, 1.54) is 0 Å². The Morgan fingerprint density at radius 3 is 2.84 bits per heavy atom. The van der Waals surface area contributed by atoms with Crippen molar-refractivity contribution < 1.29 is 14.3 Å². The van der Waals surface area contributed by atoms with Crippen LogP contribution >= 0.6 is 12.4 Å². The molecule has 6 heteroatoms. The monoisotopic (exact) mass is 294 g/mol. The van der Waals surface area contributed by atoms with Gasteiger partial charge >= 0.3 is 0 Å². The van der Waals surface area contributed by atoms with Crippen molar-refractivity contribution in [3.8, 4) is 0 Å². The fraction of sp³-hybridized carbons (Fsp3) is 0.923. The first-order valence-electron chi connectivity index (χ1n) is 6.72. The van der Waals surface area contributed by atoms with Crippen LogP contribution in [0, 0.1) is 5.92 Å². The molecule has 114 valence electrons. The first kappa shape index (κ1) is 18.6. The summed E-state index contributed by atoms with van der Waals surface area (Å²) in [7, 11) is 1.65. The van der Waals surface area contributed by atoms with Crippen molar-refractivity contribution in [1.82, 2.24) is 10.2 Å². The van der Waals surface area contributed by atoms with Crippen LogP contribution in [0.3, 0.4) is 0 Å². The number of likely N-dealkylation sites (tertiary alicyclic amines) is 1. The molecule has 1 amide bonds. The molecule has 1 saturated heterocycles. The Bertz CT molecular complexity index is 252. The van der Waals surface area contributed by atoms with E-state index in [9.17, 15) is 4.79 Å². The SMILES string of the molecule is COCCNCC(=O)N1CCC(OCC(C)C)C1.Cl. The second-order valence-corrected chi connectivity index (χ2v) is 5.15. The smallest absolute Gasteiger partial charge is 0.236 e. The number of hydrogen-bond donors (Lipinski definition) is 1. The number of ether oxygens (including phenoxy) is 2. The van der Waals surface area contributed by atoms with Crippen molar-refractivity contribution in [2.45, 2.75) is 26.4 Å². The minimum absolute atomic E-state index is 0. The van der Waals surface area contributed by atoms with E-state index in [1.54, 1.807) is 7.11 Å². The molecule has 0 aromatic heterocycles. The Hall–Kier alpha value is -0.360. The molecule has 19 heavy (non-hydrogen) atoms. The molecule has 0 aromatic carbocycles. The Morgan fingerprint density at radius 1 is 1.47 bits per heavy atom. The zero-order valence-corrected chi connectivity index (χ0v) is 13.0. The van der Waals surface area contributed by atoms with Gasteiger partial charge in [0.2, 0.25) is 5.91 Å². The predicted molar refractivity (Wildman–Crippen MR) is 77.8 cm³/mol. The number of carbonyl (C=O) groups is 1. The third kappa shape index (κ3) is 7.72. The van der Waals surface area contributed by atoms with Crippen LogP contribution in [0.1, 0.15) is 20.3 Å². The molecule has 1 fully saturated rings. The Kier molecular flexibility index (Phi) is 10.2. The number of hydrogen-bond acceptors (Lipinski definition) is 4. The molecule has 1 rings (SSSR count). The molecule has 1 heterocycles. The van der Waals surface area contributed by atoms with Gasteiger partial charge in [0, 0.05) is 33.4 Å². The zero-order valence-electron chi connectivity index (χ0n) is 12.2. The first-order chi connectivity index (χ1) is 8.63. The van der Waals surface area contributed by atoms with Gasteiger partial charge in [0.15, 0.2) is 0 Å². The third-order valence-electron chi connectivity index (χ3n) is 2.92. The highest BCUT2D eigenvalue weighted by Crippen LogP contribution is 2.13. The third-order valence-corrected chi connectivity index (χ3v) is 2.92. The van der Waals surface area contributed by atoms with Gasteiger partial charge in [0.1, 0.15) is 0 Å². The molecule has 0 radical (unpaired) electrons. The number of nitrogens with zero attached hydrogens (tertiary/aromatic N) is 1. The summed E-state index contributed by atoms with van der Waals surface area (Å²) in [4.78, 5) is 13.7. The normalized spacial score (nSPS) is 18.7. The van der Waals surface area contributed by atoms with E-state index in [0.29, 0.717) is 25.6 Å². The molecule has 0 spiro atoms. The van der Waals surface area contributed by atoms with Gasteiger partial charge in [0.05, 0.1) is 19.3 Å². The standard InChI is InChI=1S/C13H26N2O3.ClH/c1-11(2)10-18-12-4-6-15(9-12)13(16)8-14-5-7-17-3;/h11-12,14H,4-10H2,1-3H3;1H. The first-order valence-corrected chi connectivity index (χ1v) is 6.72. The van der Waals surface area contributed by atoms with Crippen molar-refractivity contribution in [2.24, 2.45) is 5.92 Å². The van der Waals surface area contributed by atoms with Crippen LogP contribution in [0.25, 0.3) is 0 Å². The van der Waals surface area contributed by atoms with Crippen molar-refractivity contribution in [3.05, 3.63) is 0 Å². The Morgan fingerprint density at radius 2 is 2.21 bits per heavy atom. The minimum Gasteiger partial charge on any atom is -0.383 e. The topological polar surface area (TPSA) is 50.8 Å². The van der Waals surface area contributed by atoms with Crippen LogP contribution in [0.2, 0.25) is 0 Å². The van der Waals surface area contributed by atoms with E-state index < -0.39 is 0 Å². The fourth-order valence-electron chi connectivity index (χ4n) is 1.90. The molecule has 1 aliphatic rings. The minimum atomic E-state index is 0. The lowest BCUT2D eigenvalue weighted by Crippen LogP contribution is -2.38. The van der Waals surface area contributed by atoms with Crippen molar-refractivity contribution in [3.63, 3.8) is 0 Å². The van der Waals surface area contributed by atoms with Crippen LogP contribution in [0.5, 0.6) is 0 Å². The van der Waals surface area contributed by atoms with Crippen LogP contribution in [-0.4, -0.2) is 63.4 Å². The maximum Gasteiger partial charge on any atom is 0.236 e. The molecule has 0 aliphatic carbocycles. The Balaban J connectivity index is 0.00000324. The largest absolute Gasteiger partial charge is 0.383 e. The Labute approximate surface area is 122 Å². The molecule has 5 nitrogen and oxygen atoms in total. The average molecular weight is 295 g/mol. The summed E-state index contributed by atoms with van der Waals surface area (Å²) in [5, 5.41) is 3.07. The van der Waals surface area contributed by atoms with Gasteiger partial charge in [-0.2, -0.15) is 0 Å². The number of nitrogens with one attached hydrogen (secondary N) is 1. The van der Waals surface area contributed by atoms with E-state index in [2.05, 4.69) is 19.2 Å². The van der Waals surface area contributed by atoms with Crippen LogP contribution in [-0.2, 0) is 14.3 Å². The van der Waals surface area contributed by atoms with E-state index in [1.807, 2.05) is 4.90 Å². The van der Waals surface area contributed by atoms with E-state index in [4.69, 9.17) is 9.47 Å². The molecule has 0 bridgehead atoms. The quantitative estimate of drug-likeness (QED) is 0.676. The molecule has 1 aliphatic heterocycles. The second-order valence-electron chi connectivity index (χ2n) is 5.15. The number of halogens is 1. The molecular formula is C13H27ClN2O3. The summed E-state index contributed by atoms with van der Waals surface area (Å²) in [5.41, 5.74) is 0. The van der Waals surface area contributed by atoms with Crippen molar-refractivity contribution in [1.29, 1.82) is 0 Å². The van der Waals surface area contributed by atoms with Crippen LogP contribution in [0.4, 0.5) is 0 Å². The van der Waals surface area contributed by atoms with E-state index in [0.717, 1.165) is 26.1 Å². The summed E-state index contributed by atoms with van der Waals surface area (Å²) in [6.07, 6.45) is 1.17. The van der Waals surface area contributed by atoms with Gasteiger partial charge in [-0.25, -0.2) is 0 Å². The molecule has 0 saturated carbocycles. The highest BCUT2D eigenvalue weighted by atomic mass is 35.5. The lowest BCUT2D eigenvalue weighted by molar-refractivity contribution is -0.129. The zero-order chi connectivity index (χ0) is 13.4. The molecular weight excluding hydrogens is 268 g/mol. The number of methoxy groups -OCH3 is 1. The average Bonchev–Trinajstić information content (AvgIpc) is 2.80. The summed E-state index contributed by atoms with van der Waals surface area (Å²) in [6, 6.07) is 0. The number of amides is 1. The summed E-state index contributed by atoms with van der Waals surface area (Å²) < 4.78 is 10.7. The molecule has 1 N–H and O–H groups in total. The van der Waals surface area contributed by atoms with Gasteiger partial charge in [-0.1, -0.05) is 13.8 Å². The lowest BCUT2D eigenvalue weighted by Gasteiger charge is -2.17. The predicted octanol–water partition coefficient (Wildman–Crippen LogP) is 0.918. The van der Waals surface area contributed by atoms with E-state index in [-0.39, 0.29) is 24.4 Å². The summed E-state index contributed by atoms with van der Waals surface area (Å²) in [6.45, 7) is 8.33. The van der Waals surface area contributed by atoms with Crippen LogP contribution in [0.15, 0.2) is 0 Å². The van der Waals surface area contributed by atoms with Gasteiger partial charge in [-0.3, -0.25) is 4.79 Å². The van der Waals surface area contributed by atoms with Crippen molar-refractivity contribution in [2.75, 3.05) is 46.5 Å². The van der Waals surface area contributed by atoms with Crippen molar-refractivity contribution >= 4 is 18.3 Å². The summed E-state index contributed by atoms with van der Waals surface area (Å²) in [5.74, 6) is 0.701. The van der Waals surface area contributed by atoms with Gasteiger partial charge < -0.3 is 19.7 Å². The van der Waals surface area contributed by atoms with Gasteiger partial charge in [-0.15, -0.1) is 12.4 Å². The highest BCUT2D eigenvalue weighted by Gasteiger charge is 2.26. The maximum absolute atomic E-state index is 11.9. The summed E-state index contributed by atoms with van der Waals surface area (Å²) >= 11 is 0. The van der Waals surface area contributed by atoms with Gasteiger partial charge in [-0.05, 0) is 12.3 Å². The number of carbonyl (C=O) groups excluding carboxylic acids is 1. The molecule has 0 aromatic rings. The fourth-order valence-corrected chi connectivity index (χ4v) is 1.90. The van der Waals surface area contributed by atoms with Crippen LogP contribution < -0.4 is 5.32 Å². The number of rotatable bonds is 8. The molecule has 1 unspecified atom stereocenters. The van der Waals surface area contributed by atoms with Gasteiger partial charge in [0.25, 0.3) is 0 Å².